The van der Waals surface area contributed by atoms with Crippen LogP contribution >= 0.6 is 0 Å². The monoisotopic (exact) mass is 318 g/mol. The van der Waals surface area contributed by atoms with E-state index in [2.05, 4.69) is 52.0 Å². The molecule has 0 fully saturated rings. The number of benzene rings is 2. The Hall–Kier alpha value is -3.02. The number of fused-ring (bicyclic) bond motifs is 3. The third kappa shape index (κ3) is 2.67. The Morgan fingerprint density at radius 3 is 2.79 bits per heavy atom. The van der Waals surface area contributed by atoms with Gasteiger partial charge in [-0.25, -0.2) is 4.98 Å². The third-order valence-electron chi connectivity index (χ3n) is 4.06. The Balaban J connectivity index is 1.63. The normalized spacial score (nSPS) is 11.2. The molecule has 0 radical (unpaired) electrons. The number of tetrazole rings is 1. The van der Waals surface area contributed by atoms with Crippen molar-refractivity contribution in [2.45, 2.75) is 20.3 Å². The average Bonchev–Trinajstić information content (AvgIpc) is 3.05. The second-order valence-corrected chi connectivity index (χ2v) is 6.03. The minimum atomic E-state index is 0.650. The molecular weight excluding hydrogens is 300 g/mol. The average molecular weight is 318 g/mol. The van der Waals surface area contributed by atoms with Crippen molar-refractivity contribution in [1.82, 2.24) is 25.0 Å². The van der Waals surface area contributed by atoms with Crippen molar-refractivity contribution in [3.8, 4) is 0 Å². The van der Waals surface area contributed by atoms with Crippen LogP contribution < -0.4 is 5.32 Å². The van der Waals surface area contributed by atoms with Crippen molar-refractivity contribution in [3.05, 3.63) is 59.2 Å². The molecule has 0 saturated heterocycles. The van der Waals surface area contributed by atoms with Gasteiger partial charge in [-0.1, -0.05) is 35.9 Å². The predicted molar refractivity (Wildman–Crippen MR) is 94.2 cm³/mol. The van der Waals surface area contributed by atoms with Gasteiger partial charge in [0.1, 0.15) is 0 Å². The van der Waals surface area contributed by atoms with Gasteiger partial charge < -0.3 is 5.32 Å². The van der Waals surface area contributed by atoms with Crippen LogP contribution in [0.2, 0.25) is 0 Å². The second-order valence-electron chi connectivity index (χ2n) is 6.03. The highest BCUT2D eigenvalue weighted by Gasteiger charge is 2.11. The van der Waals surface area contributed by atoms with Crippen LogP contribution in [-0.4, -0.2) is 31.6 Å². The molecule has 0 amide bonds. The maximum atomic E-state index is 4.69. The quantitative estimate of drug-likeness (QED) is 0.626. The van der Waals surface area contributed by atoms with Crippen LogP contribution in [-0.2, 0) is 6.42 Å². The standard InChI is InChI=1S/C18H18N6/c1-12-4-3-5-14(10-12)8-9-19-17-18-21-22-23-24(18)16-11-13(2)6-7-15(16)20-17/h3-7,10-11H,8-9H2,1-2H3,(H,19,20). The maximum absolute atomic E-state index is 4.69. The molecule has 0 aliphatic carbocycles. The van der Waals surface area contributed by atoms with Crippen LogP contribution in [0.5, 0.6) is 0 Å². The van der Waals surface area contributed by atoms with Gasteiger partial charge in [0, 0.05) is 6.54 Å². The second kappa shape index (κ2) is 5.88. The number of aromatic nitrogens is 5. The zero-order chi connectivity index (χ0) is 16.5. The van der Waals surface area contributed by atoms with Crippen molar-refractivity contribution in [2.75, 3.05) is 11.9 Å². The Kier molecular flexibility index (Phi) is 3.57. The van der Waals surface area contributed by atoms with Gasteiger partial charge >= 0.3 is 0 Å². The molecule has 4 rings (SSSR count). The molecule has 120 valence electrons. The molecule has 0 aliphatic heterocycles. The number of hydrogen-bond donors (Lipinski definition) is 1. The smallest absolute Gasteiger partial charge is 0.222 e. The fourth-order valence-electron chi connectivity index (χ4n) is 2.88. The van der Waals surface area contributed by atoms with Crippen LogP contribution in [0.3, 0.4) is 0 Å². The molecule has 2 aromatic carbocycles. The molecule has 4 aromatic rings. The van der Waals surface area contributed by atoms with E-state index in [1.807, 2.05) is 25.1 Å². The number of hydrogen-bond acceptors (Lipinski definition) is 5. The topological polar surface area (TPSA) is 68.0 Å². The Labute approximate surface area is 139 Å². The van der Waals surface area contributed by atoms with Crippen LogP contribution in [0.15, 0.2) is 42.5 Å². The van der Waals surface area contributed by atoms with Crippen LogP contribution in [0.4, 0.5) is 5.82 Å². The summed E-state index contributed by atoms with van der Waals surface area (Å²) in [5.74, 6) is 0.712. The van der Waals surface area contributed by atoms with Gasteiger partial charge in [-0.3, -0.25) is 0 Å². The predicted octanol–water partition coefficient (Wildman–Crippen LogP) is 2.94. The van der Waals surface area contributed by atoms with Crippen molar-refractivity contribution >= 4 is 22.5 Å². The van der Waals surface area contributed by atoms with Crippen molar-refractivity contribution in [2.24, 2.45) is 0 Å². The van der Waals surface area contributed by atoms with Crippen LogP contribution in [0.1, 0.15) is 16.7 Å². The molecule has 0 unspecified atom stereocenters. The van der Waals surface area contributed by atoms with Gasteiger partial charge in [0.2, 0.25) is 5.65 Å². The molecule has 24 heavy (non-hydrogen) atoms. The van der Waals surface area contributed by atoms with Gasteiger partial charge in [0.05, 0.1) is 11.0 Å². The summed E-state index contributed by atoms with van der Waals surface area (Å²) in [4.78, 5) is 4.69. The highest BCUT2D eigenvalue weighted by Crippen LogP contribution is 2.20. The summed E-state index contributed by atoms with van der Waals surface area (Å²) in [6.45, 7) is 4.93. The third-order valence-corrected chi connectivity index (χ3v) is 4.06. The summed E-state index contributed by atoms with van der Waals surface area (Å²) in [5, 5.41) is 15.4. The van der Waals surface area contributed by atoms with E-state index in [0.29, 0.717) is 11.5 Å². The molecule has 2 aromatic heterocycles. The molecule has 0 saturated carbocycles. The summed E-state index contributed by atoms with van der Waals surface area (Å²) in [6.07, 6.45) is 0.920. The van der Waals surface area contributed by atoms with E-state index >= 15 is 0 Å². The summed E-state index contributed by atoms with van der Waals surface area (Å²) in [7, 11) is 0. The number of nitrogens with zero attached hydrogens (tertiary/aromatic N) is 5. The molecule has 1 N–H and O–H groups in total. The fourth-order valence-corrected chi connectivity index (χ4v) is 2.88. The Bertz CT molecular complexity index is 1020. The minimum absolute atomic E-state index is 0.650. The lowest BCUT2D eigenvalue weighted by atomic mass is 10.1. The molecule has 0 bridgehead atoms. The molecule has 2 heterocycles. The van der Waals surface area contributed by atoms with E-state index in [1.165, 1.54) is 11.1 Å². The lowest BCUT2D eigenvalue weighted by Gasteiger charge is -2.09. The molecule has 0 spiro atoms. The first-order chi connectivity index (χ1) is 11.7. The summed E-state index contributed by atoms with van der Waals surface area (Å²) in [6, 6.07) is 14.6. The zero-order valence-electron chi connectivity index (χ0n) is 13.7. The van der Waals surface area contributed by atoms with E-state index in [1.54, 1.807) is 4.52 Å². The van der Waals surface area contributed by atoms with Gasteiger partial charge in [-0.15, -0.1) is 5.10 Å². The van der Waals surface area contributed by atoms with Gasteiger partial charge in [0.25, 0.3) is 0 Å². The largest absolute Gasteiger partial charge is 0.367 e. The molecule has 0 atom stereocenters. The van der Waals surface area contributed by atoms with E-state index in [-0.39, 0.29) is 0 Å². The number of aryl methyl sites for hydroxylation is 2. The summed E-state index contributed by atoms with van der Waals surface area (Å²) < 4.78 is 1.74. The summed E-state index contributed by atoms with van der Waals surface area (Å²) in [5.41, 5.74) is 6.17. The minimum Gasteiger partial charge on any atom is -0.367 e. The van der Waals surface area contributed by atoms with Gasteiger partial charge in [-0.05, 0) is 54.0 Å². The zero-order valence-corrected chi connectivity index (χ0v) is 13.7. The van der Waals surface area contributed by atoms with E-state index in [9.17, 15) is 0 Å². The first kappa shape index (κ1) is 14.6. The van der Waals surface area contributed by atoms with Crippen molar-refractivity contribution in [3.63, 3.8) is 0 Å². The Morgan fingerprint density at radius 2 is 1.92 bits per heavy atom. The highest BCUT2D eigenvalue weighted by molar-refractivity contribution is 5.82. The van der Waals surface area contributed by atoms with E-state index in [0.717, 1.165) is 29.6 Å². The SMILES string of the molecule is Cc1cccc(CCNc2nc3ccc(C)cc3n3nnnc23)c1. The van der Waals surface area contributed by atoms with Gasteiger partial charge in [-0.2, -0.15) is 4.52 Å². The molecule has 0 aliphatic rings. The number of nitrogens with one attached hydrogen (secondary N) is 1. The first-order valence-corrected chi connectivity index (χ1v) is 7.98. The van der Waals surface area contributed by atoms with Crippen molar-refractivity contribution in [1.29, 1.82) is 0 Å². The summed E-state index contributed by atoms with van der Waals surface area (Å²) >= 11 is 0. The fraction of sp³-hybridized carbons (Fsp3) is 0.222. The Morgan fingerprint density at radius 1 is 1.04 bits per heavy atom. The first-order valence-electron chi connectivity index (χ1n) is 7.98. The highest BCUT2D eigenvalue weighted by atomic mass is 15.5. The van der Waals surface area contributed by atoms with Crippen LogP contribution in [0.25, 0.3) is 16.7 Å². The van der Waals surface area contributed by atoms with Crippen molar-refractivity contribution < 1.29 is 0 Å². The van der Waals surface area contributed by atoms with Gasteiger partial charge in [0.15, 0.2) is 5.82 Å². The van der Waals surface area contributed by atoms with E-state index in [4.69, 9.17) is 4.98 Å². The molecule has 6 heteroatoms. The number of anilines is 1. The lowest BCUT2D eigenvalue weighted by Crippen LogP contribution is -2.09. The van der Waals surface area contributed by atoms with Crippen LogP contribution in [0, 0.1) is 13.8 Å². The molecule has 6 nitrogen and oxygen atoms in total. The lowest BCUT2D eigenvalue weighted by molar-refractivity contribution is 0.840. The molecular formula is C18H18N6. The maximum Gasteiger partial charge on any atom is 0.222 e. The van der Waals surface area contributed by atoms with E-state index < -0.39 is 0 Å². The number of rotatable bonds is 4.